The second-order valence-electron chi connectivity index (χ2n) is 4.47. The number of carbonyl (C=O) groups excluding carboxylic acids is 3. The van der Waals surface area contributed by atoms with Crippen molar-refractivity contribution in [3.8, 4) is 5.75 Å². The molecule has 120 valence electrons. The van der Waals surface area contributed by atoms with Crippen LogP contribution in [0.25, 0.3) is 0 Å². The van der Waals surface area contributed by atoms with E-state index in [2.05, 4.69) is 0 Å². The first kappa shape index (κ1) is 16.1. The summed E-state index contributed by atoms with van der Waals surface area (Å²) in [6, 6.07) is 4.93. The van der Waals surface area contributed by atoms with Crippen LogP contribution >= 0.6 is 0 Å². The average molecular weight is 320 g/mol. The summed E-state index contributed by atoms with van der Waals surface area (Å²) >= 11 is 0. The molecule has 23 heavy (non-hydrogen) atoms. The van der Waals surface area contributed by atoms with Gasteiger partial charge in [-0.15, -0.1) is 0 Å². The van der Waals surface area contributed by atoms with Crippen molar-refractivity contribution in [3.63, 3.8) is 0 Å². The lowest BCUT2D eigenvalue weighted by Crippen LogP contribution is -2.31. The van der Waals surface area contributed by atoms with E-state index in [1.165, 1.54) is 36.4 Å². The Morgan fingerprint density at radius 1 is 1.13 bits per heavy atom. The van der Waals surface area contributed by atoms with Crippen LogP contribution in [0.1, 0.15) is 6.42 Å². The van der Waals surface area contributed by atoms with E-state index >= 15 is 0 Å². The van der Waals surface area contributed by atoms with Crippen molar-refractivity contribution in [2.75, 3.05) is 13.2 Å². The van der Waals surface area contributed by atoms with Gasteiger partial charge in [-0.2, -0.15) is 0 Å². The summed E-state index contributed by atoms with van der Waals surface area (Å²) in [6.07, 6.45) is 1.64. The maximum absolute atomic E-state index is 11.4. The second kappa shape index (κ2) is 7.16. The van der Waals surface area contributed by atoms with Crippen LogP contribution in [0, 0.1) is 10.1 Å². The molecule has 0 fully saturated rings. The lowest BCUT2D eigenvalue weighted by Gasteiger charge is -2.13. The number of nitrogens with zero attached hydrogens (tertiary/aromatic N) is 2. The first-order valence-corrected chi connectivity index (χ1v) is 6.60. The van der Waals surface area contributed by atoms with Crippen molar-refractivity contribution < 1.29 is 28.8 Å². The molecule has 1 heterocycles. The molecule has 0 saturated carbocycles. The van der Waals surface area contributed by atoms with Crippen LogP contribution in [0.2, 0.25) is 0 Å². The Bertz CT molecular complexity index is 648. The standard InChI is InChI=1S/C14H12N2O7/c17-12-6-7-13(18)15(12)8-1-9-22-14(19)23-11-4-2-10(3-5-11)16(20)21/h2-7H,1,8-9H2. The minimum absolute atomic E-state index is 0.0388. The molecule has 0 saturated heterocycles. The van der Waals surface area contributed by atoms with Crippen LogP contribution in [0.3, 0.4) is 0 Å². The predicted octanol–water partition coefficient (Wildman–Crippen LogP) is 1.43. The van der Waals surface area contributed by atoms with E-state index in [0.29, 0.717) is 0 Å². The number of rotatable bonds is 6. The molecule has 0 bridgehead atoms. The number of imide groups is 1. The highest BCUT2D eigenvalue weighted by atomic mass is 16.7. The number of benzene rings is 1. The van der Waals surface area contributed by atoms with Gasteiger partial charge in [-0.1, -0.05) is 0 Å². The normalized spacial score (nSPS) is 13.3. The molecule has 0 aromatic heterocycles. The third-order valence-electron chi connectivity index (χ3n) is 2.90. The Hall–Kier alpha value is -3.23. The summed E-state index contributed by atoms with van der Waals surface area (Å²) in [5.41, 5.74) is -0.126. The van der Waals surface area contributed by atoms with E-state index in [1.54, 1.807) is 0 Å². The predicted molar refractivity (Wildman–Crippen MR) is 75.5 cm³/mol. The Morgan fingerprint density at radius 3 is 2.30 bits per heavy atom. The fraction of sp³-hybridized carbons (Fsp3) is 0.214. The molecule has 2 amide bonds. The van der Waals surface area contributed by atoms with Gasteiger partial charge in [0.2, 0.25) is 0 Å². The summed E-state index contributed by atoms with van der Waals surface area (Å²) in [4.78, 5) is 44.9. The highest BCUT2D eigenvalue weighted by Gasteiger charge is 2.22. The molecule has 0 N–H and O–H groups in total. The second-order valence-corrected chi connectivity index (χ2v) is 4.47. The van der Waals surface area contributed by atoms with E-state index in [9.17, 15) is 24.5 Å². The van der Waals surface area contributed by atoms with E-state index in [0.717, 1.165) is 4.90 Å². The molecule has 1 aliphatic rings. The zero-order valence-electron chi connectivity index (χ0n) is 11.8. The fourth-order valence-corrected chi connectivity index (χ4v) is 1.79. The van der Waals surface area contributed by atoms with Gasteiger partial charge in [0.25, 0.3) is 17.5 Å². The summed E-state index contributed by atoms with van der Waals surface area (Å²) in [7, 11) is 0. The average Bonchev–Trinajstić information content (AvgIpc) is 2.83. The van der Waals surface area contributed by atoms with E-state index in [1.807, 2.05) is 0 Å². The minimum atomic E-state index is -0.976. The van der Waals surface area contributed by atoms with Crippen molar-refractivity contribution in [1.82, 2.24) is 4.90 Å². The number of non-ortho nitro benzene ring substituents is 1. The first-order chi connectivity index (χ1) is 11.0. The van der Waals surface area contributed by atoms with Gasteiger partial charge in [-0.25, -0.2) is 4.79 Å². The molecule has 0 atom stereocenters. The number of ether oxygens (including phenoxy) is 2. The van der Waals surface area contributed by atoms with Gasteiger partial charge in [-0.05, 0) is 18.6 Å². The van der Waals surface area contributed by atoms with Crippen LogP contribution in [-0.4, -0.2) is 40.9 Å². The quantitative estimate of drug-likeness (QED) is 0.194. The Kier molecular flexibility index (Phi) is 5.03. The third-order valence-corrected chi connectivity index (χ3v) is 2.90. The fourth-order valence-electron chi connectivity index (χ4n) is 1.79. The van der Waals surface area contributed by atoms with Gasteiger partial charge in [0.05, 0.1) is 11.5 Å². The number of nitro benzene ring substituents is 1. The monoisotopic (exact) mass is 320 g/mol. The maximum atomic E-state index is 11.4. The van der Waals surface area contributed by atoms with Gasteiger partial charge in [0.15, 0.2) is 0 Å². The molecule has 1 aliphatic heterocycles. The molecule has 2 rings (SSSR count). The summed E-state index contributed by atoms with van der Waals surface area (Å²) < 4.78 is 9.61. The first-order valence-electron chi connectivity index (χ1n) is 6.60. The Labute approximate surface area is 130 Å². The van der Waals surface area contributed by atoms with Crippen LogP contribution < -0.4 is 4.74 Å². The Morgan fingerprint density at radius 2 is 1.74 bits per heavy atom. The highest BCUT2D eigenvalue weighted by molar-refractivity contribution is 6.12. The number of hydrogen-bond donors (Lipinski definition) is 0. The molecule has 0 spiro atoms. The molecule has 9 nitrogen and oxygen atoms in total. The lowest BCUT2D eigenvalue weighted by molar-refractivity contribution is -0.384. The Balaban J connectivity index is 1.70. The number of amides is 2. The molecular weight excluding hydrogens is 308 g/mol. The zero-order chi connectivity index (χ0) is 16.8. The molecule has 0 aliphatic carbocycles. The van der Waals surface area contributed by atoms with Gasteiger partial charge < -0.3 is 9.47 Å². The smallest absolute Gasteiger partial charge is 0.434 e. The molecule has 0 radical (unpaired) electrons. The van der Waals surface area contributed by atoms with Crippen molar-refractivity contribution in [2.24, 2.45) is 0 Å². The minimum Gasteiger partial charge on any atom is -0.434 e. The van der Waals surface area contributed by atoms with Gasteiger partial charge >= 0.3 is 6.16 Å². The summed E-state index contributed by atoms with van der Waals surface area (Å²) in [5, 5.41) is 10.5. The molecular formula is C14H12N2O7. The third kappa shape index (κ3) is 4.37. The van der Waals surface area contributed by atoms with Gasteiger partial charge in [0, 0.05) is 30.8 Å². The van der Waals surface area contributed by atoms with Gasteiger partial charge in [0.1, 0.15) is 5.75 Å². The number of nitro groups is 1. The van der Waals surface area contributed by atoms with Crippen molar-refractivity contribution >= 4 is 23.7 Å². The summed E-state index contributed by atoms with van der Waals surface area (Å²) in [5.74, 6) is -0.693. The van der Waals surface area contributed by atoms with Gasteiger partial charge in [-0.3, -0.25) is 24.6 Å². The SMILES string of the molecule is O=C(OCCCN1C(=O)C=CC1=O)Oc1ccc([N+](=O)[O-])cc1. The maximum Gasteiger partial charge on any atom is 0.513 e. The lowest BCUT2D eigenvalue weighted by atomic mass is 10.3. The molecule has 0 unspecified atom stereocenters. The van der Waals surface area contributed by atoms with E-state index in [-0.39, 0.29) is 31.0 Å². The largest absolute Gasteiger partial charge is 0.513 e. The molecule has 1 aromatic rings. The van der Waals surface area contributed by atoms with Crippen LogP contribution in [0.5, 0.6) is 5.75 Å². The van der Waals surface area contributed by atoms with E-state index < -0.39 is 22.9 Å². The number of hydrogen-bond acceptors (Lipinski definition) is 7. The van der Waals surface area contributed by atoms with Crippen LogP contribution in [0.15, 0.2) is 36.4 Å². The topological polar surface area (TPSA) is 116 Å². The molecule has 9 heteroatoms. The number of carbonyl (C=O) groups is 3. The van der Waals surface area contributed by atoms with Crippen LogP contribution in [-0.2, 0) is 14.3 Å². The van der Waals surface area contributed by atoms with Crippen molar-refractivity contribution in [1.29, 1.82) is 0 Å². The van der Waals surface area contributed by atoms with Crippen molar-refractivity contribution in [3.05, 3.63) is 46.5 Å². The summed E-state index contributed by atoms with van der Waals surface area (Å²) in [6.45, 7) is 0.0956. The van der Waals surface area contributed by atoms with Crippen molar-refractivity contribution in [2.45, 2.75) is 6.42 Å². The zero-order valence-corrected chi connectivity index (χ0v) is 11.8. The van der Waals surface area contributed by atoms with Crippen LogP contribution in [0.4, 0.5) is 10.5 Å². The molecule has 1 aromatic carbocycles. The van der Waals surface area contributed by atoms with E-state index in [4.69, 9.17) is 9.47 Å². The highest BCUT2D eigenvalue weighted by Crippen LogP contribution is 2.17.